The Kier molecular flexibility index (Phi) is 3.55. The first-order valence-electron chi connectivity index (χ1n) is 6.62. The Morgan fingerprint density at radius 2 is 2.29 bits per heavy atom. The minimum Gasteiger partial charge on any atom is -0.451 e. The van der Waals surface area contributed by atoms with Gasteiger partial charge in [-0.05, 0) is 31.5 Å². The van der Waals surface area contributed by atoms with Crippen LogP contribution in [0.25, 0.3) is 11.0 Å². The second-order valence-corrected chi connectivity index (χ2v) is 5.69. The molecule has 0 atom stereocenters. The van der Waals surface area contributed by atoms with Crippen molar-refractivity contribution in [3.05, 3.63) is 45.8 Å². The summed E-state index contributed by atoms with van der Waals surface area (Å²) in [7, 11) is 0. The van der Waals surface area contributed by atoms with Crippen LogP contribution < -0.4 is 5.32 Å². The van der Waals surface area contributed by atoms with E-state index in [-0.39, 0.29) is 5.91 Å². The van der Waals surface area contributed by atoms with Gasteiger partial charge in [0.05, 0.1) is 6.20 Å². The van der Waals surface area contributed by atoms with Crippen LogP contribution in [0.3, 0.4) is 0 Å². The monoisotopic (exact) mass is 347 g/mol. The number of hydrogen-bond acceptors (Lipinski definition) is 3. The molecule has 0 aliphatic rings. The average Bonchev–Trinajstić information content (AvgIpc) is 3.04. The lowest BCUT2D eigenvalue weighted by atomic mass is 10.1. The Balaban J connectivity index is 1.96. The largest absolute Gasteiger partial charge is 0.451 e. The molecule has 6 heteroatoms. The van der Waals surface area contributed by atoms with Crippen LogP contribution in [0.4, 0.5) is 5.82 Å². The van der Waals surface area contributed by atoms with E-state index in [0.717, 1.165) is 27.4 Å². The summed E-state index contributed by atoms with van der Waals surface area (Å²) < 4.78 is 6.62. The summed E-state index contributed by atoms with van der Waals surface area (Å²) in [6, 6.07) is 5.67. The molecule has 0 fully saturated rings. The van der Waals surface area contributed by atoms with Gasteiger partial charge in [0.1, 0.15) is 11.4 Å². The Hall–Kier alpha value is -2.08. The number of anilines is 1. The fourth-order valence-corrected chi connectivity index (χ4v) is 2.63. The van der Waals surface area contributed by atoms with E-state index in [4.69, 9.17) is 4.42 Å². The first-order valence-corrected chi connectivity index (χ1v) is 7.41. The van der Waals surface area contributed by atoms with Crippen molar-refractivity contribution < 1.29 is 9.21 Å². The SMILES string of the molecule is CCc1cn[nH]c1NC(=O)c1oc2ccc(Br)cc2c1C. The summed E-state index contributed by atoms with van der Waals surface area (Å²) in [6.45, 7) is 3.88. The Morgan fingerprint density at radius 3 is 3.05 bits per heavy atom. The van der Waals surface area contributed by atoms with Crippen LogP contribution in [-0.4, -0.2) is 16.1 Å². The van der Waals surface area contributed by atoms with Crippen molar-refractivity contribution in [2.45, 2.75) is 20.3 Å². The van der Waals surface area contributed by atoms with Crippen LogP contribution in [-0.2, 0) is 6.42 Å². The summed E-state index contributed by atoms with van der Waals surface area (Å²) in [5, 5.41) is 10.5. The highest BCUT2D eigenvalue weighted by Gasteiger charge is 2.19. The first kappa shape index (κ1) is 13.9. The van der Waals surface area contributed by atoms with Gasteiger partial charge in [0.2, 0.25) is 0 Å². The van der Waals surface area contributed by atoms with Gasteiger partial charge in [-0.15, -0.1) is 0 Å². The highest BCUT2D eigenvalue weighted by molar-refractivity contribution is 9.10. The molecule has 3 aromatic rings. The topological polar surface area (TPSA) is 70.9 Å². The number of carbonyl (C=O) groups is 1. The van der Waals surface area contributed by atoms with Crippen molar-refractivity contribution >= 4 is 38.6 Å². The number of rotatable bonds is 3. The molecule has 3 rings (SSSR count). The van der Waals surface area contributed by atoms with E-state index < -0.39 is 0 Å². The molecule has 2 aromatic heterocycles. The Morgan fingerprint density at radius 1 is 1.48 bits per heavy atom. The van der Waals surface area contributed by atoms with Crippen molar-refractivity contribution in [1.29, 1.82) is 0 Å². The predicted molar refractivity (Wildman–Crippen MR) is 84.6 cm³/mol. The maximum absolute atomic E-state index is 12.4. The number of aromatic amines is 1. The van der Waals surface area contributed by atoms with Gasteiger partial charge < -0.3 is 9.73 Å². The van der Waals surface area contributed by atoms with E-state index >= 15 is 0 Å². The molecule has 0 radical (unpaired) electrons. The van der Waals surface area contributed by atoms with Crippen LogP contribution in [0.1, 0.15) is 28.6 Å². The lowest BCUT2D eigenvalue weighted by molar-refractivity contribution is 0.0997. The molecule has 2 heterocycles. The molecule has 0 aliphatic heterocycles. The second-order valence-electron chi connectivity index (χ2n) is 4.77. The molecule has 0 aliphatic carbocycles. The zero-order valence-corrected chi connectivity index (χ0v) is 13.2. The number of aryl methyl sites for hydroxylation is 2. The van der Waals surface area contributed by atoms with Crippen molar-refractivity contribution in [3.63, 3.8) is 0 Å². The van der Waals surface area contributed by atoms with Gasteiger partial charge >= 0.3 is 0 Å². The third-order valence-corrected chi connectivity index (χ3v) is 3.93. The maximum Gasteiger partial charge on any atom is 0.292 e. The van der Waals surface area contributed by atoms with Crippen LogP contribution in [0.15, 0.2) is 33.3 Å². The highest BCUT2D eigenvalue weighted by Crippen LogP contribution is 2.28. The number of aromatic nitrogens is 2. The molecule has 0 bridgehead atoms. The van der Waals surface area contributed by atoms with Crippen molar-refractivity contribution in [3.8, 4) is 0 Å². The van der Waals surface area contributed by atoms with Gasteiger partial charge in [-0.25, -0.2) is 0 Å². The molecule has 0 saturated carbocycles. The van der Waals surface area contributed by atoms with Gasteiger partial charge in [-0.1, -0.05) is 22.9 Å². The van der Waals surface area contributed by atoms with Gasteiger partial charge in [0.25, 0.3) is 5.91 Å². The summed E-state index contributed by atoms with van der Waals surface area (Å²) >= 11 is 3.42. The number of nitrogens with zero attached hydrogens (tertiary/aromatic N) is 1. The highest BCUT2D eigenvalue weighted by atomic mass is 79.9. The van der Waals surface area contributed by atoms with E-state index in [0.29, 0.717) is 17.2 Å². The number of H-pyrrole nitrogens is 1. The average molecular weight is 348 g/mol. The van der Waals surface area contributed by atoms with Crippen LogP contribution in [0.2, 0.25) is 0 Å². The lowest BCUT2D eigenvalue weighted by Gasteiger charge is -2.03. The van der Waals surface area contributed by atoms with Crippen molar-refractivity contribution in [1.82, 2.24) is 10.2 Å². The standard InChI is InChI=1S/C15H14BrN3O2/c1-3-9-7-17-19-14(9)18-15(20)13-8(2)11-6-10(16)4-5-12(11)21-13/h4-7H,3H2,1-2H3,(H2,17,18,19,20). The Labute approximate surface area is 129 Å². The van der Waals surface area contributed by atoms with E-state index in [1.54, 1.807) is 6.20 Å². The van der Waals surface area contributed by atoms with E-state index in [1.165, 1.54) is 0 Å². The van der Waals surface area contributed by atoms with Crippen LogP contribution >= 0.6 is 15.9 Å². The molecule has 108 valence electrons. The van der Waals surface area contributed by atoms with Gasteiger partial charge in [0, 0.05) is 21.0 Å². The molecule has 5 nitrogen and oxygen atoms in total. The number of benzene rings is 1. The molecule has 21 heavy (non-hydrogen) atoms. The number of amides is 1. The van der Waals surface area contributed by atoms with Gasteiger partial charge in [-0.2, -0.15) is 5.10 Å². The molecule has 2 N–H and O–H groups in total. The molecule has 0 spiro atoms. The number of halogens is 1. The van der Waals surface area contributed by atoms with E-state index in [9.17, 15) is 4.79 Å². The molecule has 0 saturated heterocycles. The number of furan rings is 1. The number of nitrogens with one attached hydrogen (secondary N) is 2. The summed E-state index contributed by atoms with van der Waals surface area (Å²) in [6.07, 6.45) is 2.50. The zero-order chi connectivity index (χ0) is 15.0. The summed E-state index contributed by atoms with van der Waals surface area (Å²) in [4.78, 5) is 12.4. The third kappa shape index (κ3) is 2.47. The second kappa shape index (κ2) is 5.37. The quantitative estimate of drug-likeness (QED) is 0.750. The lowest BCUT2D eigenvalue weighted by Crippen LogP contribution is -2.13. The van der Waals surface area contributed by atoms with Crippen molar-refractivity contribution in [2.75, 3.05) is 5.32 Å². The van der Waals surface area contributed by atoms with Crippen LogP contribution in [0, 0.1) is 6.92 Å². The number of hydrogen-bond donors (Lipinski definition) is 2. The van der Waals surface area contributed by atoms with Gasteiger partial charge in [-0.3, -0.25) is 9.89 Å². The maximum atomic E-state index is 12.4. The van der Waals surface area contributed by atoms with Crippen molar-refractivity contribution in [2.24, 2.45) is 0 Å². The fourth-order valence-electron chi connectivity index (χ4n) is 2.27. The molecule has 1 amide bonds. The first-order chi connectivity index (χ1) is 10.1. The molecular weight excluding hydrogens is 334 g/mol. The zero-order valence-electron chi connectivity index (χ0n) is 11.7. The fraction of sp³-hybridized carbons (Fsp3) is 0.200. The van der Waals surface area contributed by atoms with Crippen LogP contribution in [0.5, 0.6) is 0 Å². The minimum atomic E-state index is -0.279. The predicted octanol–water partition coefficient (Wildman–Crippen LogP) is 4.04. The smallest absolute Gasteiger partial charge is 0.292 e. The normalized spacial score (nSPS) is 11.0. The summed E-state index contributed by atoms with van der Waals surface area (Å²) in [5.74, 6) is 0.655. The molecular formula is C15H14BrN3O2. The minimum absolute atomic E-state index is 0.279. The summed E-state index contributed by atoms with van der Waals surface area (Å²) in [5.41, 5.74) is 2.47. The molecule has 1 aromatic carbocycles. The molecule has 0 unspecified atom stereocenters. The third-order valence-electron chi connectivity index (χ3n) is 3.44. The Bertz CT molecular complexity index is 820. The van der Waals surface area contributed by atoms with Gasteiger partial charge in [0.15, 0.2) is 5.76 Å². The number of carbonyl (C=O) groups excluding carboxylic acids is 1. The van der Waals surface area contributed by atoms with E-state index in [1.807, 2.05) is 32.0 Å². The number of fused-ring (bicyclic) bond motifs is 1. The van der Waals surface area contributed by atoms with E-state index in [2.05, 4.69) is 31.4 Å².